The minimum Gasteiger partial charge on any atom is -0.380 e. The van der Waals surface area contributed by atoms with Crippen molar-refractivity contribution in [3.8, 4) is 5.69 Å². The minimum atomic E-state index is -0.979. The van der Waals surface area contributed by atoms with Gasteiger partial charge in [0.05, 0.1) is 12.6 Å². The molecule has 1 aromatic heterocycles. The number of aliphatic hydroxyl groups excluding tert-OH is 1. The maximum atomic E-state index is 12.3. The first kappa shape index (κ1) is 18.4. The molecule has 148 valence electrons. The van der Waals surface area contributed by atoms with Crippen LogP contribution >= 0.6 is 12.2 Å². The number of ether oxygens (including phenoxy) is 2. The Balaban J connectivity index is 1.65. The summed E-state index contributed by atoms with van der Waals surface area (Å²) in [7, 11) is 0. The van der Waals surface area contributed by atoms with Gasteiger partial charge in [0.2, 0.25) is 11.1 Å². The fourth-order valence-electron chi connectivity index (χ4n) is 3.86. The minimum absolute atomic E-state index is 0.120. The number of carbonyl (C=O) groups excluding carboxylic acids is 1. The summed E-state index contributed by atoms with van der Waals surface area (Å²) in [5, 5.41) is 15.8. The van der Waals surface area contributed by atoms with Crippen molar-refractivity contribution in [2.24, 2.45) is 0 Å². The highest BCUT2D eigenvalue weighted by Crippen LogP contribution is 2.34. The number of Topliss-reactive ketones (excluding diaryl/α,β-unsaturated/α-hetero) is 1. The molecule has 0 amide bonds. The van der Waals surface area contributed by atoms with Crippen molar-refractivity contribution in [2.45, 2.75) is 31.0 Å². The van der Waals surface area contributed by atoms with Gasteiger partial charge < -0.3 is 14.6 Å². The van der Waals surface area contributed by atoms with Gasteiger partial charge in [-0.15, -0.1) is 0 Å². The number of rotatable bonds is 4. The van der Waals surface area contributed by atoms with Gasteiger partial charge in [-0.1, -0.05) is 48.5 Å². The summed E-state index contributed by atoms with van der Waals surface area (Å²) in [6.07, 6.45) is -1.83. The lowest BCUT2D eigenvalue weighted by molar-refractivity contribution is -0.156. The molecule has 0 aliphatic carbocycles. The van der Waals surface area contributed by atoms with Crippen LogP contribution in [0.25, 0.3) is 5.69 Å². The van der Waals surface area contributed by atoms with Gasteiger partial charge in [-0.05, 0) is 29.9 Å². The standard InChI is InChI=1S/C21H19N3O4S/c25-16-11-15(17-12-27-20(16)28-17)24-21(29)23(14-9-5-2-6-10-14)19(22-24)18(26)13-7-3-1-4-8-13/h1-10,15,17-18,20,26H,11-12H2/t15-,17+,18?,20+/m0/s1. The van der Waals surface area contributed by atoms with Crippen LogP contribution in [0.5, 0.6) is 0 Å². The third-order valence-corrected chi connectivity index (χ3v) is 5.70. The molecule has 2 aromatic carbocycles. The summed E-state index contributed by atoms with van der Waals surface area (Å²) in [4.78, 5) is 12.3. The number of carbonyl (C=O) groups is 1. The molecule has 2 aliphatic heterocycles. The number of hydrogen-bond donors (Lipinski definition) is 1. The highest BCUT2D eigenvalue weighted by molar-refractivity contribution is 7.71. The van der Waals surface area contributed by atoms with Gasteiger partial charge in [0.25, 0.3) is 0 Å². The van der Waals surface area contributed by atoms with Gasteiger partial charge >= 0.3 is 0 Å². The molecule has 0 saturated carbocycles. The normalized spacial score (nSPS) is 24.6. The molecular formula is C21H19N3O4S. The predicted molar refractivity (Wildman–Crippen MR) is 106 cm³/mol. The van der Waals surface area contributed by atoms with E-state index in [1.807, 2.05) is 60.7 Å². The molecule has 3 aromatic rings. The van der Waals surface area contributed by atoms with Crippen molar-refractivity contribution < 1.29 is 19.4 Å². The van der Waals surface area contributed by atoms with Crippen molar-refractivity contribution in [3.05, 3.63) is 76.8 Å². The molecule has 2 aliphatic rings. The Morgan fingerprint density at radius 3 is 2.52 bits per heavy atom. The van der Waals surface area contributed by atoms with Crippen molar-refractivity contribution in [1.82, 2.24) is 14.3 Å². The first-order valence-corrected chi connectivity index (χ1v) is 9.84. The number of para-hydroxylation sites is 1. The zero-order valence-corrected chi connectivity index (χ0v) is 16.2. The molecule has 8 heteroatoms. The maximum Gasteiger partial charge on any atom is 0.218 e. The van der Waals surface area contributed by atoms with Crippen molar-refractivity contribution in [1.29, 1.82) is 0 Å². The lowest BCUT2D eigenvalue weighted by Crippen LogP contribution is -2.37. The third-order valence-electron chi connectivity index (χ3n) is 5.33. The lowest BCUT2D eigenvalue weighted by Gasteiger charge is -2.26. The van der Waals surface area contributed by atoms with Crippen LogP contribution in [0.1, 0.15) is 30.0 Å². The second kappa shape index (κ2) is 7.31. The summed E-state index contributed by atoms with van der Waals surface area (Å²) in [6, 6.07) is 18.4. The number of hydrogen-bond acceptors (Lipinski definition) is 6. The Morgan fingerprint density at radius 1 is 1.10 bits per heavy atom. The fourth-order valence-corrected chi connectivity index (χ4v) is 4.24. The van der Waals surface area contributed by atoms with Gasteiger partial charge in [-0.25, -0.2) is 4.68 Å². The molecular weight excluding hydrogens is 390 g/mol. The molecule has 1 N–H and O–H groups in total. The largest absolute Gasteiger partial charge is 0.380 e. The average Bonchev–Trinajstić information content (AvgIpc) is 3.34. The second-order valence-electron chi connectivity index (χ2n) is 7.15. The smallest absolute Gasteiger partial charge is 0.218 e. The monoisotopic (exact) mass is 409 g/mol. The Labute approximate surface area is 172 Å². The van der Waals surface area contributed by atoms with E-state index in [-0.39, 0.29) is 24.3 Å². The van der Waals surface area contributed by atoms with E-state index in [1.54, 1.807) is 9.25 Å². The van der Waals surface area contributed by atoms with Crippen LogP contribution in [0.3, 0.4) is 0 Å². The first-order valence-electron chi connectivity index (χ1n) is 9.43. The zero-order chi connectivity index (χ0) is 20.0. The third kappa shape index (κ3) is 3.14. The molecule has 5 rings (SSSR count). The van der Waals surface area contributed by atoms with E-state index < -0.39 is 12.4 Å². The summed E-state index contributed by atoms with van der Waals surface area (Å²) < 4.78 is 14.9. The Bertz CT molecular complexity index is 1100. The molecule has 7 nitrogen and oxygen atoms in total. The van der Waals surface area contributed by atoms with Crippen LogP contribution in [0.4, 0.5) is 0 Å². The summed E-state index contributed by atoms with van der Waals surface area (Å²) in [6.45, 7) is 0.317. The summed E-state index contributed by atoms with van der Waals surface area (Å²) in [5.41, 5.74) is 1.49. The van der Waals surface area contributed by atoms with Crippen molar-refractivity contribution in [2.75, 3.05) is 6.61 Å². The van der Waals surface area contributed by atoms with Gasteiger partial charge in [0, 0.05) is 12.1 Å². The van der Waals surface area contributed by atoms with Crippen LogP contribution < -0.4 is 0 Å². The molecule has 1 unspecified atom stereocenters. The van der Waals surface area contributed by atoms with E-state index in [1.165, 1.54) is 0 Å². The molecule has 2 bridgehead atoms. The second-order valence-corrected chi connectivity index (χ2v) is 7.51. The Kier molecular flexibility index (Phi) is 4.63. The quantitative estimate of drug-likeness (QED) is 0.668. The van der Waals surface area contributed by atoms with Crippen LogP contribution in [-0.4, -0.2) is 44.2 Å². The highest BCUT2D eigenvalue weighted by Gasteiger charge is 2.45. The van der Waals surface area contributed by atoms with E-state index in [2.05, 4.69) is 5.10 Å². The van der Waals surface area contributed by atoms with Gasteiger partial charge in [0.15, 0.2) is 11.6 Å². The molecule has 3 heterocycles. The van der Waals surface area contributed by atoms with E-state index in [4.69, 9.17) is 21.7 Å². The Morgan fingerprint density at radius 2 is 1.79 bits per heavy atom. The van der Waals surface area contributed by atoms with E-state index in [0.29, 0.717) is 22.8 Å². The SMILES string of the molecule is O=C1C[C@H](n2nc(C(O)c3ccccc3)n(-c3ccccc3)c2=S)[C@H]2CO[C@@H]1O2. The van der Waals surface area contributed by atoms with E-state index in [0.717, 1.165) is 5.69 Å². The number of benzene rings is 2. The predicted octanol–water partition coefficient (Wildman–Crippen LogP) is 2.74. The average molecular weight is 409 g/mol. The highest BCUT2D eigenvalue weighted by atomic mass is 32.1. The van der Waals surface area contributed by atoms with Gasteiger partial charge in [-0.3, -0.25) is 9.36 Å². The summed E-state index contributed by atoms with van der Waals surface area (Å²) in [5.74, 6) is 0.269. The zero-order valence-electron chi connectivity index (χ0n) is 15.4. The van der Waals surface area contributed by atoms with Crippen LogP contribution in [-0.2, 0) is 14.3 Å². The van der Waals surface area contributed by atoms with Crippen molar-refractivity contribution in [3.63, 3.8) is 0 Å². The molecule has 29 heavy (non-hydrogen) atoms. The van der Waals surface area contributed by atoms with E-state index in [9.17, 15) is 9.90 Å². The molecule has 4 atom stereocenters. The molecule has 2 fully saturated rings. The number of nitrogens with zero attached hydrogens (tertiary/aromatic N) is 3. The summed E-state index contributed by atoms with van der Waals surface area (Å²) >= 11 is 5.74. The van der Waals surface area contributed by atoms with Gasteiger partial charge in [-0.2, -0.15) is 5.10 Å². The first-order chi connectivity index (χ1) is 14.1. The molecule has 0 radical (unpaired) electrons. The molecule has 0 spiro atoms. The fraction of sp³-hybridized carbons (Fsp3) is 0.286. The Hall–Kier alpha value is -2.65. The van der Waals surface area contributed by atoms with Crippen LogP contribution in [0.2, 0.25) is 0 Å². The number of aliphatic hydroxyl groups is 1. The maximum absolute atomic E-state index is 12.3. The van der Waals surface area contributed by atoms with Crippen LogP contribution in [0.15, 0.2) is 60.7 Å². The number of fused-ring (bicyclic) bond motifs is 2. The lowest BCUT2D eigenvalue weighted by atomic mass is 10.0. The topological polar surface area (TPSA) is 78.5 Å². The number of aromatic nitrogens is 3. The van der Waals surface area contributed by atoms with Crippen molar-refractivity contribution >= 4 is 18.0 Å². The van der Waals surface area contributed by atoms with E-state index >= 15 is 0 Å². The van der Waals surface area contributed by atoms with Crippen LogP contribution in [0, 0.1) is 4.77 Å². The number of ketones is 1. The van der Waals surface area contributed by atoms with Gasteiger partial charge in [0.1, 0.15) is 12.2 Å². The molecule has 2 saturated heterocycles.